The Hall–Kier alpha value is -0.870. The summed E-state index contributed by atoms with van der Waals surface area (Å²) in [5.74, 6) is 0.535. The number of methoxy groups -OCH3 is 1. The molecule has 0 unspecified atom stereocenters. The maximum absolute atomic E-state index is 11.2. The molecule has 0 aromatic rings. The van der Waals surface area contributed by atoms with Crippen LogP contribution in [0.5, 0.6) is 0 Å². The molecule has 0 aliphatic carbocycles. The minimum absolute atomic E-state index is 0.243. The summed E-state index contributed by atoms with van der Waals surface area (Å²) in [5.41, 5.74) is 0.672. The zero-order chi connectivity index (χ0) is 13.4. The van der Waals surface area contributed by atoms with Crippen molar-refractivity contribution < 1.29 is 9.53 Å². The summed E-state index contributed by atoms with van der Waals surface area (Å²) in [5, 5.41) is 3.40. The van der Waals surface area contributed by atoms with Crippen molar-refractivity contribution in [1.29, 1.82) is 0 Å². The van der Waals surface area contributed by atoms with E-state index in [1.165, 1.54) is 39.6 Å². The van der Waals surface area contributed by atoms with Crippen molar-refractivity contribution >= 4 is 5.97 Å². The first kappa shape index (κ1) is 15.2. The van der Waals surface area contributed by atoms with Gasteiger partial charge in [-0.3, -0.25) is 0 Å². The first-order valence-electron chi connectivity index (χ1n) is 6.85. The molecule has 0 spiro atoms. The topological polar surface area (TPSA) is 41.6 Å². The highest BCUT2D eigenvalue weighted by Crippen LogP contribution is 2.15. The predicted molar refractivity (Wildman–Crippen MR) is 73.5 cm³/mol. The Morgan fingerprint density at radius 2 is 2.11 bits per heavy atom. The van der Waals surface area contributed by atoms with Crippen molar-refractivity contribution in [2.75, 3.05) is 39.8 Å². The second kappa shape index (κ2) is 8.27. The molecule has 0 radical (unpaired) electrons. The molecule has 18 heavy (non-hydrogen) atoms. The summed E-state index contributed by atoms with van der Waals surface area (Å²) in [6, 6.07) is 0. The van der Waals surface area contributed by atoms with Crippen LogP contribution in [0, 0.1) is 5.92 Å². The van der Waals surface area contributed by atoms with Crippen LogP contribution >= 0.6 is 0 Å². The Kier molecular flexibility index (Phi) is 6.98. The van der Waals surface area contributed by atoms with Gasteiger partial charge in [-0.05, 0) is 51.9 Å². The molecule has 104 valence electrons. The average molecular weight is 254 g/mol. The number of nitrogens with zero attached hydrogens (tertiary/aromatic N) is 1. The maximum atomic E-state index is 11.2. The Morgan fingerprint density at radius 3 is 2.67 bits per heavy atom. The number of hydrogen-bond acceptors (Lipinski definition) is 4. The fourth-order valence-corrected chi connectivity index (χ4v) is 2.26. The summed E-state index contributed by atoms with van der Waals surface area (Å²) in [4.78, 5) is 13.7. The van der Waals surface area contributed by atoms with Gasteiger partial charge >= 0.3 is 5.97 Å². The highest BCUT2D eigenvalue weighted by Gasteiger charge is 2.17. The standard InChI is InChI=1S/C14H26N2O2/c1-4-16-9-6-13(7-10-16)11-15-8-5-12(2)14(17)18-3/h5,13,15H,4,6-11H2,1-3H3/b12-5-. The molecular weight excluding hydrogens is 228 g/mol. The molecular formula is C14H26N2O2. The molecule has 0 bridgehead atoms. The van der Waals surface area contributed by atoms with E-state index in [2.05, 4.69) is 21.9 Å². The number of carbonyl (C=O) groups is 1. The second-order valence-electron chi connectivity index (χ2n) is 4.91. The molecule has 4 nitrogen and oxygen atoms in total. The maximum Gasteiger partial charge on any atom is 0.333 e. The number of nitrogens with one attached hydrogen (secondary N) is 1. The van der Waals surface area contributed by atoms with Gasteiger partial charge < -0.3 is 15.0 Å². The molecule has 4 heteroatoms. The Morgan fingerprint density at radius 1 is 1.44 bits per heavy atom. The Labute approximate surface area is 110 Å². The minimum atomic E-state index is -0.243. The van der Waals surface area contributed by atoms with E-state index in [0.29, 0.717) is 5.57 Å². The summed E-state index contributed by atoms with van der Waals surface area (Å²) in [6.45, 7) is 9.41. The van der Waals surface area contributed by atoms with Gasteiger partial charge in [-0.15, -0.1) is 0 Å². The third-order valence-electron chi connectivity index (χ3n) is 3.65. The van der Waals surface area contributed by atoms with Crippen LogP contribution < -0.4 is 5.32 Å². The largest absolute Gasteiger partial charge is 0.466 e. The Bertz CT molecular complexity index is 282. The normalized spacial score (nSPS) is 18.9. The predicted octanol–water partition coefficient (Wildman–Crippen LogP) is 1.43. The summed E-state index contributed by atoms with van der Waals surface area (Å²) >= 11 is 0. The van der Waals surface area contributed by atoms with Gasteiger partial charge in [0, 0.05) is 12.1 Å². The van der Waals surface area contributed by atoms with Crippen LogP contribution in [0.1, 0.15) is 26.7 Å². The average Bonchev–Trinajstić information content (AvgIpc) is 2.43. The monoisotopic (exact) mass is 254 g/mol. The number of carbonyl (C=O) groups excluding carboxylic acids is 1. The highest BCUT2D eigenvalue weighted by molar-refractivity contribution is 5.87. The van der Waals surface area contributed by atoms with Gasteiger partial charge in [0.2, 0.25) is 0 Å². The van der Waals surface area contributed by atoms with Crippen LogP contribution in [0.3, 0.4) is 0 Å². The van der Waals surface area contributed by atoms with Gasteiger partial charge in [0.1, 0.15) is 0 Å². The van der Waals surface area contributed by atoms with Gasteiger partial charge in [0.25, 0.3) is 0 Å². The van der Waals surface area contributed by atoms with Crippen LogP contribution in [0.4, 0.5) is 0 Å². The summed E-state index contributed by atoms with van der Waals surface area (Å²) < 4.78 is 4.64. The van der Waals surface area contributed by atoms with E-state index in [1.807, 2.05) is 6.08 Å². The zero-order valence-electron chi connectivity index (χ0n) is 11.9. The van der Waals surface area contributed by atoms with Crippen molar-refractivity contribution in [1.82, 2.24) is 10.2 Å². The first-order chi connectivity index (χ1) is 8.67. The van der Waals surface area contributed by atoms with Crippen LogP contribution in [0.2, 0.25) is 0 Å². The van der Waals surface area contributed by atoms with Crippen LogP contribution in [-0.4, -0.2) is 50.7 Å². The third kappa shape index (κ3) is 5.19. The molecule has 1 N–H and O–H groups in total. The van der Waals surface area contributed by atoms with Crippen LogP contribution in [-0.2, 0) is 9.53 Å². The van der Waals surface area contributed by atoms with Crippen molar-refractivity contribution in [2.45, 2.75) is 26.7 Å². The number of ether oxygens (including phenoxy) is 1. The van der Waals surface area contributed by atoms with E-state index in [0.717, 1.165) is 19.0 Å². The fraction of sp³-hybridized carbons (Fsp3) is 0.786. The lowest BCUT2D eigenvalue weighted by molar-refractivity contribution is -0.136. The highest BCUT2D eigenvalue weighted by atomic mass is 16.5. The molecule has 1 aliphatic rings. The lowest BCUT2D eigenvalue weighted by atomic mass is 9.97. The number of likely N-dealkylation sites (tertiary alicyclic amines) is 1. The number of rotatable bonds is 6. The molecule has 0 amide bonds. The molecule has 0 atom stereocenters. The van der Waals surface area contributed by atoms with Crippen molar-refractivity contribution in [2.24, 2.45) is 5.92 Å². The molecule has 1 fully saturated rings. The molecule has 1 aliphatic heterocycles. The van der Waals surface area contributed by atoms with E-state index in [4.69, 9.17) is 0 Å². The lowest BCUT2D eigenvalue weighted by Gasteiger charge is -2.31. The third-order valence-corrected chi connectivity index (χ3v) is 3.65. The van der Waals surface area contributed by atoms with Crippen molar-refractivity contribution in [3.8, 4) is 0 Å². The SMILES string of the molecule is CCN1CCC(CNC/C=C(/C)C(=O)OC)CC1. The number of esters is 1. The number of piperidine rings is 1. The van der Waals surface area contributed by atoms with Crippen LogP contribution in [0.15, 0.2) is 11.6 Å². The van der Waals surface area contributed by atoms with E-state index in [-0.39, 0.29) is 5.97 Å². The molecule has 0 aromatic carbocycles. The first-order valence-corrected chi connectivity index (χ1v) is 6.85. The molecule has 0 aromatic heterocycles. The molecule has 1 rings (SSSR count). The van der Waals surface area contributed by atoms with E-state index in [9.17, 15) is 4.79 Å². The number of hydrogen-bond donors (Lipinski definition) is 1. The lowest BCUT2D eigenvalue weighted by Crippen LogP contribution is -2.37. The Balaban J connectivity index is 2.13. The van der Waals surface area contributed by atoms with Crippen molar-refractivity contribution in [3.05, 3.63) is 11.6 Å². The van der Waals surface area contributed by atoms with Gasteiger partial charge in [0.05, 0.1) is 7.11 Å². The quantitative estimate of drug-likeness (QED) is 0.442. The molecule has 0 saturated carbocycles. The van der Waals surface area contributed by atoms with Gasteiger partial charge in [-0.2, -0.15) is 0 Å². The van der Waals surface area contributed by atoms with Crippen molar-refractivity contribution in [3.63, 3.8) is 0 Å². The molecule has 1 heterocycles. The second-order valence-corrected chi connectivity index (χ2v) is 4.91. The summed E-state index contributed by atoms with van der Waals surface area (Å²) in [7, 11) is 1.41. The minimum Gasteiger partial charge on any atom is -0.466 e. The van der Waals surface area contributed by atoms with Gasteiger partial charge in [-0.25, -0.2) is 4.79 Å². The summed E-state index contributed by atoms with van der Waals surface area (Å²) in [6.07, 6.45) is 4.45. The van der Waals surface area contributed by atoms with Gasteiger partial charge in [-0.1, -0.05) is 13.0 Å². The smallest absolute Gasteiger partial charge is 0.333 e. The zero-order valence-corrected chi connectivity index (χ0v) is 11.9. The van der Waals surface area contributed by atoms with Crippen LogP contribution in [0.25, 0.3) is 0 Å². The van der Waals surface area contributed by atoms with E-state index >= 15 is 0 Å². The molecule has 1 saturated heterocycles. The fourth-order valence-electron chi connectivity index (χ4n) is 2.26. The van der Waals surface area contributed by atoms with Gasteiger partial charge in [0.15, 0.2) is 0 Å². The van der Waals surface area contributed by atoms with E-state index in [1.54, 1.807) is 6.92 Å². The van der Waals surface area contributed by atoms with E-state index < -0.39 is 0 Å².